The van der Waals surface area contributed by atoms with Crippen LogP contribution in [0.25, 0.3) is 33.3 Å². The van der Waals surface area contributed by atoms with Crippen LogP contribution in [0, 0.1) is 5.82 Å². The molecule has 0 unspecified atom stereocenters. The summed E-state index contributed by atoms with van der Waals surface area (Å²) in [7, 11) is 0. The van der Waals surface area contributed by atoms with E-state index in [1.165, 1.54) is 28.8 Å². The second-order valence-electron chi connectivity index (χ2n) is 8.08. The van der Waals surface area contributed by atoms with Crippen molar-refractivity contribution in [1.82, 2.24) is 24.5 Å². The van der Waals surface area contributed by atoms with Gasteiger partial charge in [0.2, 0.25) is 0 Å². The number of hydrogen-bond donors (Lipinski definition) is 3. The highest BCUT2D eigenvalue weighted by atomic mass is 35.5. The fourth-order valence-electron chi connectivity index (χ4n) is 4.12. The van der Waals surface area contributed by atoms with Crippen LogP contribution in [-0.4, -0.2) is 48.0 Å². The van der Waals surface area contributed by atoms with E-state index in [1.54, 1.807) is 23.1 Å². The summed E-state index contributed by atoms with van der Waals surface area (Å²) in [6.07, 6.45) is 5.11. The van der Waals surface area contributed by atoms with E-state index in [0.717, 1.165) is 22.0 Å². The summed E-state index contributed by atoms with van der Waals surface area (Å²) in [6, 6.07) is 12.4. The molecule has 1 atom stereocenters. The standard InChI is InChI=1S/C25H21ClFN5O3/c26-20-10-17(1-3-21(20)27)23(14-34)32-6-5-16(11-24(32)35)15-2-4-22-19(9-15)25(30-29-22)18-12-28-31(13-18)7-8-33/h1-6,9-13,23,33-34H,7-8,14H2,(H,29,30)/t23-/m1/s1. The maximum atomic E-state index is 13.6. The predicted molar refractivity (Wildman–Crippen MR) is 131 cm³/mol. The molecule has 0 saturated heterocycles. The van der Waals surface area contributed by atoms with E-state index in [0.29, 0.717) is 23.4 Å². The largest absolute Gasteiger partial charge is 0.394 e. The van der Waals surface area contributed by atoms with Gasteiger partial charge >= 0.3 is 0 Å². The average Bonchev–Trinajstić information content (AvgIpc) is 3.49. The first-order valence-corrected chi connectivity index (χ1v) is 11.3. The number of benzene rings is 2. The van der Waals surface area contributed by atoms with Crippen molar-refractivity contribution >= 4 is 22.5 Å². The van der Waals surface area contributed by atoms with Crippen LogP contribution < -0.4 is 5.56 Å². The number of aromatic nitrogens is 5. The van der Waals surface area contributed by atoms with Crippen molar-refractivity contribution in [2.45, 2.75) is 12.6 Å². The van der Waals surface area contributed by atoms with Gasteiger partial charge in [-0.2, -0.15) is 10.2 Å². The molecule has 0 saturated carbocycles. The number of pyridine rings is 1. The maximum Gasteiger partial charge on any atom is 0.251 e. The number of nitrogens with zero attached hydrogens (tertiary/aromatic N) is 4. The molecule has 0 radical (unpaired) electrons. The van der Waals surface area contributed by atoms with Gasteiger partial charge in [-0.15, -0.1) is 0 Å². The lowest BCUT2D eigenvalue weighted by Crippen LogP contribution is -2.26. The molecule has 0 aliphatic carbocycles. The molecule has 0 aliphatic heterocycles. The van der Waals surface area contributed by atoms with Gasteiger partial charge in [0.15, 0.2) is 0 Å². The average molecular weight is 494 g/mol. The van der Waals surface area contributed by atoms with Crippen LogP contribution in [0.2, 0.25) is 5.02 Å². The molecule has 0 spiro atoms. The van der Waals surface area contributed by atoms with E-state index in [9.17, 15) is 14.3 Å². The first kappa shape index (κ1) is 23.0. The molecule has 3 heterocycles. The number of aliphatic hydroxyl groups excluding tert-OH is 2. The zero-order chi connectivity index (χ0) is 24.5. The van der Waals surface area contributed by atoms with Gasteiger partial charge < -0.3 is 14.8 Å². The lowest BCUT2D eigenvalue weighted by molar-refractivity contribution is 0.247. The third kappa shape index (κ3) is 4.37. The van der Waals surface area contributed by atoms with Gasteiger partial charge in [-0.05, 0) is 47.0 Å². The Morgan fingerprint density at radius 1 is 1.06 bits per heavy atom. The molecule has 3 N–H and O–H groups in total. The molecule has 2 aromatic carbocycles. The lowest BCUT2D eigenvalue weighted by atomic mass is 10.0. The molecule has 0 bridgehead atoms. The van der Waals surface area contributed by atoms with Crippen LogP contribution in [0.15, 0.2) is 71.9 Å². The lowest BCUT2D eigenvalue weighted by Gasteiger charge is -2.19. The Hall–Kier alpha value is -3.79. The van der Waals surface area contributed by atoms with Gasteiger partial charge in [-0.25, -0.2) is 4.39 Å². The van der Waals surface area contributed by atoms with Crippen LogP contribution in [0.1, 0.15) is 11.6 Å². The number of rotatable bonds is 7. The minimum atomic E-state index is -0.701. The molecule has 10 heteroatoms. The Balaban J connectivity index is 1.50. The zero-order valence-corrected chi connectivity index (χ0v) is 19.2. The fourth-order valence-corrected chi connectivity index (χ4v) is 4.31. The van der Waals surface area contributed by atoms with Crippen molar-refractivity contribution in [3.63, 3.8) is 0 Å². The van der Waals surface area contributed by atoms with Gasteiger partial charge in [0.1, 0.15) is 11.5 Å². The minimum Gasteiger partial charge on any atom is -0.394 e. The highest BCUT2D eigenvalue weighted by Gasteiger charge is 2.17. The molecule has 35 heavy (non-hydrogen) atoms. The fraction of sp³-hybridized carbons (Fsp3) is 0.160. The molecule has 178 valence electrons. The summed E-state index contributed by atoms with van der Waals surface area (Å²) in [6.45, 7) is 0.0296. The number of halogens is 2. The zero-order valence-electron chi connectivity index (χ0n) is 18.4. The number of aromatic amines is 1. The van der Waals surface area contributed by atoms with Crippen LogP contribution >= 0.6 is 11.6 Å². The van der Waals surface area contributed by atoms with Gasteiger partial charge in [0.05, 0.1) is 42.5 Å². The molecule has 0 fully saturated rings. The van der Waals surface area contributed by atoms with Crippen molar-refractivity contribution in [3.05, 3.63) is 93.9 Å². The first-order chi connectivity index (χ1) is 17.0. The number of aliphatic hydroxyl groups is 2. The quantitative estimate of drug-likeness (QED) is 0.321. The van der Waals surface area contributed by atoms with Crippen LogP contribution in [-0.2, 0) is 6.54 Å². The molecule has 3 aromatic heterocycles. The SMILES string of the molecule is O=c1cc(-c2ccc3[nH]nc(-c4cnn(CCO)c4)c3c2)ccn1[C@H](CO)c1ccc(F)c(Cl)c1. The second-order valence-corrected chi connectivity index (χ2v) is 8.49. The van der Waals surface area contributed by atoms with E-state index in [-0.39, 0.29) is 23.8 Å². The summed E-state index contributed by atoms with van der Waals surface area (Å²) in [4.78, 5) is 13.0. The summed E-state index contributed by atoms with van der Waals surface area (Å²) in [5, 5.41) is 31.5. The molecule has 0 aliphatic rings. The van der Waals surface area contributed by atoms with E-state index in [4.69, 9.17) is 16.7 Å². The molecule has 5 rings (SSSR count). The summed E-state index contributed by atoms with van der Waals surface area (Å²) < 4.78 is 16.6. The summed E-state index contributed by atoms with van der Waals surface area (Å²) >= 11 is 5.89. The normalized spacial score (nSPS) is 12.3. The number of nitrogens with one attached hydrogen (secondary N) is 1. The van der Waals surface area contributed by atoms with Gasteiger partial charge in [0, 0.05) is 29.4 Å². The second kappa shape index (κ2) is 9.46. The van der Waals surface area contributed by atoms with Crippen molar-refractivity contribution in [2.24, 2.45) is 0 Å². The Kier molecular flexibility index (Phi) is 6.21. The molecular weight excluding hydrogens is 473 g/mol. The third-order valence-electron chi connectivity index (χ3n) is 5.92. The Labute approximate surface area is 203 Å². The summed E-state index contributed by atoms with van der Waals surface area (Å²) in [5.74, 6) is -0.565. The highest BCUT2D eigenvalue weighted by molar-refractivity contribution is 6.30. The Morgan fingerprint density at radius 2 is 1.89 bits per heavy atom. The molecular formula is C25H21ClFN5O3. The maximum absolute atomic E-state index is 13.6. The molecule has 8 nitrogen and oxygen atoms in total. The van der Waals surface area contributed by atoms with E-state index < -0.39 is 11.9 Å². The number of hydrogen-bond acceptors (Lipinski definition) is 5. The van der Waals surface area contributed by atoms with E-state index >= 15 is 0 Å². The van der Waals surface area contributed by atoms with Crippen molar-refractivity contribution in [2.75, 3.05) is 13.2 Å². The number of fused-ring (bicyclic) bond motifs is 1. The van der Waals surface area contributed by atoms with Gasteiger partial charge in [-0.3, -0.25) is 14.6 Å². The third-order valence-corrected chi connectivity index (χ3v) is 6.21. The smallest absolute Gasteiger partial charge is 0.251 e. The number of H-pyrrole nitrogens is 1. The molecule has 0 amide bonds. The van der Waals surface area contributed by atoms with Gasteiger partial charge in [-0.1, -0.05) is 23.7 Å². The first-order valence-electron chi connectivity index (χ1n) is 10.9. The summed E-state index contributed by atoms with van der Waals surface area (Å²) in [5.41, 5.74) is 4.08. The topological polar surface area (TPSA) is 109 Å². The van der Waals surface area contributed by atoms with E-state index in [1.807, 2.05) is 24.4 Å². The predicted octanol–water partition coefficient (Wildman–Crippen LogP) is 3.62. The Bertz CT molecular complexity index is 1580. The minimum absolute atomic E-state index is 0.0105. The van der Waals surface area contributed by atoms with Crippen molar-refractivity contribution < 1.29 is 14.6 Å². The van der Waals surface area contributed by atoms with Crippen molar-refractivity contribution in [1.29, 1.82) is 0 Å². The van der Waals surface area contributed by atoms with Gasteiger partial charge in [0.25, 0.3) is 5.56 Å². The molecule has 5 aromatic rings. The van der Waals surface area contributed by atoms with Crippen LogP contribution in [0.4, 0.5) is 4.39 Å². The van der Waals surface area contributed by atoms with Crippen molar-refractivity contribution in [3.8, 4) is 22.4 Å². The van der Waals surface area contributed by atoms with E-state index in [2.05, 4.69) is 15.3 Å². The van der Waals surface area contributed by atoms with Crippen LogP contribution in [0.5, 0.6) is 0 Å². The highest BCUT2D eigenvalue weighted by Crippen LogP contribution is 2.30. The monoisotopic (exact) mass is 493 g/mol. The van der Waals surface area contributed by atoms with Crippen LogP contribution in [0.3, 0.4) is 0 Å². The Morgan fingerprint density at radius 3 is 2.63 bits per heavy atom.